The average molecular weight is 265 g/mol. The van der Waals surface area contributed by atoms with Crippen LogP contribution < -0.4 is 5.32 Å². The molecule has 0 aromatic heterocycles. The van der Waals surface area contributed by atoms with E-state index in [0.29, 0.717) is 12.0 Å². The first-order chi connectivity index (χ1) is 9.24. The highest BCUT2D eigenvalue weighted by Crippen LogP contribution is 2.37. The van der Waals surface area contributed by atoms with Crippen LogP contribution in [0.15, 0.2) is 0 Å². The van der Waals surface area contributed by atoms with Crippen LogP contribution in [0.3, 0.4) is 0 Å². The topological polar surface area (TPSA) is 48.3 Å². The van der Waals surface area contributed by atoms with Gasteiger partial charge in [0.15, 0.2) is 0 Å². The first kappa shape index (κ1) is 14.8. The number of hydrogen-bond donors (Lipinski definition) is 1. The molecule has 1 saturated heterocycles. The normalized spacial score (nSPS) is 36.3. The summed E-state index contributed by atoms with van der Waals surface area (Å²) >= 11 is 0. The summed E-state index contributed by atoms with van der Waals surface area (Å²) in [7, 11) is 3.75. The van der Waals surface area contributed by atoms with Crippen LogP contribution in [-0.4, -0.2) is 50.3 Å². The van der Waals surface area contributed by atoms with Crippen molar-refractivity contribution in [1.82, 2.24) is 10.2 Å². The molecule has 4 heteroatoms. The zero-order valence-electron chi connectivity index (χ0n) is 12.3. The van der Waals surface area contributed by atoms with Gasteiger partial charge < -0.3 is 15.0 Å². The van der Waals surface area contributed by atoms with Crippen molar-refractivity contribution >= 4 is 0 Å². The van der Waals surface area contributed by atoms with Gasteiger partial charge in [0.2, 0.25) is 0 Å². The quantitative estimate of drug-likeness (QED) is 0.823. The molecule has 1 saturated carbocycles. The van der Waals surface area contributed by atoms with Gasteiger partial charge in [-0.05, 0) is 58.2 Å². The number of nitriles is 1. The molecular weight excluding hydrogens is 238 g/mol. The minimum atomic E-state index is -0.267. The van der Waals surface area contributed by atoms with Crippen molar-refractivity contribution in [3.05, 3.63) is 0 Å². The van der Waals surface area contributed by atoms with E-state index in [1.165, 1.54) is 32.2 Å². The monoisotopic (exact) mass is 265 g/mol. The molecule has 19 heavy (non-hydrogen) atoms. The van der Waals surface area contributed by atoms with Crippen LogP contribution >= 0.6 is 0 Å². The molecule has 0 aromatic carbocycles. The molecule has 0 spiro atoms. The van der Waals surface area contributed by atoms with Crippen LogP contribution in [0.1, 0.15) is 38.5 Å². The summed E-state index contributed by atoms with van der Waals surface area (Å²) < 4.78 is 5.47. The van der Waals surface area contributed by atoms with Gasteiger partial charge in [-0.15, -0.1) is 0 Å². The fourth-order valence-electron chi connectivity index (χ4n) is 3.75. The van der Waals surface area contributed by atoms with Gasteiger partial charge >= 0.3 is 0 Å². The number of likely N-dealkylation sites (tertiary alicyclic amines) is 1. The van der Waals surface area contributed by atoms with Crippen LogP contribution in [0.5, 0.6) is 0 Å². The maximum Gasteiger partial charge on any atom is 0.109 e. The van der Waals surface area contributed by atoms with Crippen LogP contribution in [0.4, 0.5) is 0 Å². The van der Waals surface area contributed by atoms with Gasteiger partial charge in [-0.3, -0.25) is 0 Å². The van der Waals surface area contributed by atoms with Crippen molar-refractivity contribution in [3.8, 4) is 6.07 Å². The molecular formula is C15H27N3O. The van der Waals surface area contributed by atoms with Gasteiger partial charge in [0.25, 0.3) is 0 Å². The van der Waals surface area contributed by atoms with Gasteiger partial charge in [-0.25, -0.2) is 0 Å². The van der Waals surface area contributed by atoms with E-state index in [1.807, 2.05) is 14.2 Å². The molecule has 4 nitrogen and oxygen atoms in total. The summed E-state index contributed by atoms with van der Waals surface area (Å²) in [6, 6.07) is 2.53. The van der Waals surface area contributed by atoms with Crippen molar-refractivity contribution in [2.75, 3.05) is 33.8 Å². The summed E-state index contributed by atoms with van der Waals surface area (Å²) in [5, 5.41) is 12.7. The molecule has 0 bridgehead atoms. The number of rotatable bonds is 5. The zero-order chi connectivity index (χ0) is 13.7. The fourth-order valence-corrected chi connectivity index (χ4v) is 3.75. The smallest absolute Gasteiger partial charge is 0.109 e. The molecule has 2 aliphatic rings. The Balaban J connectivity index is 1.83. The molecule has 0 aromatic rings. The second kappa shape index (κ2) is 6.69. The highest BCUT2D eigenvalue weighted by Gasteiger charge is 2.41. The van der Waals surface area contributed by atoms with Gasteiger partial charge in [-0.2, -0.15) is 5.26 Å². The molecule has 3 atom stereocenters. The van der Waals surface area contributed by atoms with Crippen molar-refractivity contribution in [2.45, 2.75) is 50.2 Å². The van der Waals surface area contributed by atoms with E-state index in [-0.39, 0.29) is 5.54 Å². The van der Waals surface area contributed by atoms with E-state index in [4.69, 9.17) is 4.74 Å². The summed E-state index contributed by atoms with van der Waals surface area (Å²) in [5.41, 5.74) is -0.267. The summed E-state index contributed by atoms with van der Waals surface area (Å²) in [4.78, 5) is 2.51. The predicted molar refractivity (Wildman–Crippen MR) is 75.8 cm³/mol. The van der Waals surface area contributed by atoms with Crippen LogP contribution in [0.25, 0.3) is 0 Å². The largest absolute Gasteiger partial charge is 0.380 e. The second-order valence-corrected chi connectivity index (χ2v) is 6.01. The highest BCUT2D eigenvalue weighted by atomic mass is 16.5. The van der Waals surface area contributed by atoms with E-state index in [0.717, 1.165) is 25.9 Å². The van der Waals surface area contributed by atoms with Crippen LogP contribution in [0.2, 0.25) is 0 Å². The van der Waals surface area contributed by atoms with E-state index in [2.05, 4.69) is 16.3 Å². The first-order valence-corrected chi connectivity index (χ1v) is 7.59. The molecule has 1 N–H and O–H groups in total. The lowest BCUT2D eigenvalue weighted by molar-refractivity contribution is 0.0288. The second-order valence-electron chi connectivity index (χ2n) is 6.01. The summed E-state index contributed by atoms with van der Waals surface area (Å²) in [6.45, 7) is 3.35. The Morgan fingerprint density at radius 2 is 2.26 bits per heavy atom. The first-order valence-electron chi connectivity index (χ1n) is 7.59. The van der Waals surface area contributed by atoms with Crippen LogP contribution in [0, 0.1) is 17.2 Å². The minimum absolute atomic E-state index is 0.267. The Labute approximate surface area is 117 Å². The number of ether oxygens (including phenoxy) is 1. The van der Waals surface area contributed by atoms with Gasteiger partial charge in [0.1, 0.15) is 5.54 Å². The molecule has 3 unspecified atom stereocenters. The average Bonchev–Trinajstić information content (AvgIpc) is 2.88. The Bertz CT molecular complexity index is 328. The van der Waals surface area contributed by atoms with E-state index >= 15 is 0 Å². The SMILES string of the molecule is CNC1(C#N)CCCC1CCN1CCCC(OC)C1. The third kappa shape index (κ3) is 3.28. The standard InChI is InChI=1S/C15H27N3O/c1-17-15(12-16)8-3-5-13(15)7-10-18-9-4-6-14(11-18)19-2/h13-14,17H,3-11H2,1-2H3. The molecule has 2 rings (SSSR count). The molecule has 1 aliphatic carbocycles. The molecule has 1 aliphatic heterocycles. The van der Waals surface area contributed by atoms with E-state index < -0.39 is 0 Å². The number of nitrogens with one attached hydrogen (secondary N) is 1. The zero-order valence-corrected chi connectivity index (χ0v) is 12.3. The third-order valence-corrected chi connectivity index (χ3v) is 5.06. The molecule has 0 radical (unpaired) electrons. The van der Waals surface area contributed by atoms with Crippen LogP contribution in [-0.2, 0) is 4.74 Å². The number of nitrogens with zero attached hydrogens (tertiary/aromatic N) is 2. The maximum atomic E-state index is 9.46. The Morgan fingerprint density at radius 3 is 2.95 bits per heavy atom. The lowest BCUT2D eigenvalue weighted by Gasteiger charge is -2.34. The fraction of sp³-hybridized carbons (Fsp3) is 0.933. The van der Waals surface area contributed by atoms with Gasteiger partial charge in [0.05, 0.1) is 12.2 Å². The van der Waals surface area contributed by atoms with Crippen molar-refractivity contribution in [1.29, 1.82) is 5.26 Å². The highest BCUT2D eigenvalue weighted by molar-refractivity contribution is 5.13. The van der Waals surface area contributed by atoms with Crippen molar-refractivity contribution in [2.24, 2.45) is 5.92 Å². The molecule has 0 amide bonds. The summed E-state index contributed by atoms with van der Waals surface area (Å²) in [6.07, 6.45) is 7.34. The van der Waals surface area contributed by atoms with E-state index in [1.54, 1.807) is 0 Å². The van der Waals surface area contributed by atoms with Crippen molar-refractivity contribution < 1.29 is 4.74 Å². The van der Waals surface area contributed by atoms with Gasteiger partial charge in [-0.1, -0.05) is 6.42 Å². The molecule has 2 fully saturated rings. The molecule has 1 heterocycles. The maximum absolute atomic E-state index is 9.46. The number of methoxy groups -OCH3 is 1. The third-order valence-electron chi connectivity index (χ3n) is 5.06. The lowest BCUT2D eigenvalue weighted by Crippen LogP contribution is -2.46. The number of piperidine rings is 1. The number of hydrogen-bond acceptors (Lipinski definition) is 4. The summed E-state index contributed by atoms with van der Waals surface area (Å²) in [5.74, 6) is 0.505. The van der Waals surface area contributed by atoms with Crippen molar-refractivity contribution in [3.63, 3.8) is 0 Å². The molecule has 108 valence electrons. The Hall–Kier alpha value is -0.630. The van der Waals surface area contributed by atoms with Gasteiger partial charge in [0, 0.05) is 13.7 Å². The Morgan fingerprint density at radius 1 is 1.42 bits per heavy atom. The lowest BCUT2D eigenvalue weighted by atomic mass is 9.86. The minimum Gasteiger partial charge on any atom is -0.380 e. The predicted octanol–water partition coefficient (Wildman–Crippen LogP) is 1.77. The Kier molecular flexibility index (Phi) is 5.20. The van der Waals surface area contributed by atoms with E-state index in [9.17, 15) is 5.26 Å².